The number of halogens is 1. The van der Waals surface area contributed by atoms with Gasteiger partial charge in [-0.05, 0) is 54.2 Å². The number of ether oxygens (including phenoxy) is 2. The van der Waals surface area contributed by atoms with Crippen LogP contribution in [0.5, 0.6) is 11.5 Å². The van der Waals surface area contributed by atoms with E-state index in [0.717, 1.165) is 4.47 Å². The van der Waals surface area contributed by atoms with Gasteiger partial charge in [0.05, 0.1) is 12.8 Å². The minimum absolute atomic E-state index is 0.0287. The Morgan fingerprint density at radius 3 is 2.69 bits per heavy atom. The Bertz CT molecular complexity index is 1040. The Labute approximate surface area is 181 Å². The van der Waals surface area contributed by atoms with Gasteiger partial charge in [0.1, 0.15) is 12.2 Å². The highest BCUT2D eigenvalue weighted by Crippen LogP contribution is 2.30. The van der Waals surface area contributed by atoms with E-state index in [9.17, 15) is 9.59 Å². The van der Waals surface area contributed by atoms with Crippen molar-refractivity contribution in [3.63, 3.8) is 0 Å². The number of methoxy groups -OCH3 is 1. The van der Waals surface area contributed by atoms with Gasteiger partial charge >= 0.3 is 0 Å². The third kappa shape index (κ3) is 4.55. The molecule has 0 bridgehead atoms. The van der Waals surface area contributed by atoms with E-state index >= 15 is 0 Å². The van der Waals surface area contributed by atoms with Crippen LogP contribution in [0.2, 0.25) is 0 Å². The average molecular weight is 473 g/mol. The fourth-order valence-corrected chi connectivity index (χ4v) is 3.38. The molecular formula is C21H17BrN2O4S. The van der Waals surface area contributed by atoms with Crippen LogP contribution in [0.25, 0.3) is 6.08 Å². The lowest BCUT2D eigenvalue weighted by Crippen LogP contribution is -2.54. The molecule has 0 aromatic heterocycles. The normalized spacial score (nSPS) is 15.3. The first kappa shape index (κ1) is 20.8. The van der Waals surface area contributed by atoms with Gasteiger partial charge in [0.2, 0.25) is 0 Å². The van der Waals surface area contributed by atoms with Crippen molar-refractivity contribution in [3.8, 4) is 11.5 Å². The first-order valence-electron chi connectivity index (χ1n) is 8.53. The van der Waals surface area contributed by atoms with E-state index in [4.69, 9.17) is 21.7 Å². The van der Waals surface area contributed by atoms with Crippen LogP contribution < -0.4 is 19.7 Å². The number of amides is 2. The highest BCUT2D eigenvalue weighted by atomic mass is 79.9. The molecule has 3 rings (SSSR count). The number of hydrogen-bond acceptors (Lipinski definition) is 5. The van der Waals surface area contributed by atoms with Gasteiger partial charge in [-0.2, -0.15) is 0 Å². The smallest absolute Gasteiger partial charge is 0.270 e. The molecule has 0 aliphatic carbocycles. The second-order valence-electron chi connectivity index (χ2n) is 5.95. The second-order valence-corrected chi connectivity index (χ2v) is 7.25. The van der Waals surface area contributed by atoms with Crippen molar-refractivity contribution in [2.75, 3.05) is 18.6 Å². The van der Waals surface area contributed by atoms with Crippen LogP contribution in [0.4, 0.5) is 5.69 Å². The molecule has 0 saturated carbocycles. The maximum Gasteiger partial charge on any atom is 0.270 e. The summed E-state index contributed by atoms with van der Waals surface area (Å²) in [7, 11) is 1.51. The Hall–Kier alpha value is -2.97. The van der Waals surface area contributed by atoms with Gasteiger partial charge in [0.25, 0.3) is 11.8 Å². The number of benzene rings is 2. The number of carbonyl (C=O) groups is 2. The van der Waals surface area contributed by atoms with E-state index < -0.39 is 11.8 Å². The lowest BCUT2D eigenvalue weighted by Gasteiger charge is -2.29. The molecule has 2 aromatic rings. The van der Waals surface area contributed by atoms with Crippen LogP contribution >= 0.6 is 28.1 Å². The minimum Gasteiger partial charge on any atom is -0.493 e. The number of carbonyl (C=O) groups excluding carboxylic acids is 2. The van der Waals surface area contributed by atoms with Crippen molar-refractivity contribution in [1.82, 2.24) is 5.32 Å². The van der Waals surface area contributed by atoms with Crippen LogP contribution in [-0.2, 0) is 9.59 Å². The molecule has 148 valence electrons. The molecule has 1 saturated heterocycles. The van der Waals surface area contributed by atoms with Crippen molar-refractivity contribution < 1.29 is 19.1 Å². The van der Waals surface area contributed by atoms with Crippen LogP contribution in [0.3, 0.4) is 0 Å². The Balaban J connectivity index is 1.97. The zero-order chi connectivity index (χ0) is 21.0. The van der Waals surface area contributed by atoms with Gasteiger partial charge in [-0.3, -0.25) is 19.8 Å². The monoisotopic (exact) mass is 472 g/mol. The fourth-order valence-electron chi connectivity index (χ4n) is 2.72. The zero-order valence-electron chi connectivity index (χ0n) is 15.5. The van der Waals surface area contributed by atoms with Gasteiger partial charge in [-0.25, -0.2) is 0 Å². The summed E-state index contributed by atoms with van der Waals surface area (Å²) in [5, 5.41) is 2.59. The molecular weight excluding hydrogens is 456 g/mol. The first-order valence-corrected chi connectivity index (χ1v) is 9.73. The van der Waals surface area contributed by atoms with Crippen molar-refractivity contribution >= 4 is 56.8 Å². The summed E-state index contributed by atoms with van der Waals surface area (Å²) in [4.78, 5) is 26.8. The second kappa shape index (κ2) is 9.02. The molecule has 1 aliphatic rings. The summed E-state index contributed by atoms with van der Waals surface area (Å²) in [6.07, 6.45) is 3.12. The molecule has 2 amide bonds. The van der Waals surface area contributed by atoms with Crippen molar-refractivity contribution in [1.29, 1.82) is 0 Å². The molecule has 1 fully saturated rings. The predicted molar refractivity (Wildman–Crippen MR) is 119 cm³/mol. The lowest BCUT2D eigenvalue weighted by molar-refractivity contribution is -0.122. The molecule has 1 aliphatic heterocycles. The summed E-state index contributed by atoms with van der Waals surface area (Å²) in [6.45, 7) is 3.94. The molecule has 0 radical (unpaired) electrons. The Kier molecular flexibility index (Phi) is 6.46. The van der Waals surface area contributed by atoms with E-state index in [0.29, 0.717) is 29.4 Å². The summed E-state index contributed by atoms with van der Waals surface area (Å²) < 4.78 is 11.6. The number of thiocarbonyl (C=S) groups is 1. The Morgan fingerprint density at radius 2 is 2.00 bits per heavy atom. The lowest BCUT2D eigenvalue weighted by atomic mass is 10.1. The molecule has 0 atom stereocenters. The quantitative estimate of drug-likeness (QED) is 0.299. The third-order valence-corrected chi connectivity index (χ3v) is 4.80. The summed E-state index contributed by atoms with van der Waals surface area (Å²) in [5.41, 5.74) is 1.11. The number of rotatable bonds is 6. The van der Waals surface area contributed by atoms with Gasteiger partial charge in [0, 0.05) is 4.47 Å². The zero-order valence-corrected chi connectivity index (χ0v) is 17.9. The van der Waals surface area contributed by atoms with E-state index in [1.54, 1.807) is 42.5 Å². The standard InChI is InChI=1S/C21H17BrN2O4S/c1-3-9-28-17-8-7-13(11-18(17)27-2)10-16-19(25)23-21(29)24(20(16)26)15-6-4-5-14(22)12-15/h3-8,10-12H,1,9H2,2H3,(H,23,25,29). The van der Waals surface area contributed by atoms with Gasteiger partial charge in [-0.1, -0.05) is 40.7 Å². The van der Waals surface area contributed by atoms with Crippen LogP contribution in [0, 0.1) is 0 Å². The Morgan fingerprint density at radius 1 is 1.21 bits per heavy atom. The number of nitrogens with one attached hydrogen (secondary N) is 1. The van der Waals surface area contributed by atoms with E-state index in [2.05, 4.69) is 27.8 Å². The van der Waals surface area contributed by atoms with Gasteiger partial charge < -0.3 is 9.47 Å². The SMILES string of the molecule is C=CCOc1ccc(C=C2C(=O)NC(=S)N(c3cccc(Br)c3)C2=O)cc1OC. The summed E-state index contributed by atoms with van der Waals surface area (Å²) in [5.74, 6) is -0.0601. The van der Waals surface area contributed by atoms with Crippen LogP contribution in [0.1, 0.15) is 5.56 Å². The summed E-state index contributed by atoms with van der Waals surface area (Å²) >= 11 is 8.58. The summed E-state index contributed by atoms with van der Waals surface area (Å²) in [6, 6.07) is 12.2. The van der Waals surface area contributed by atoms with Crippen LogP contribution in [-0.4, -0.2) is 30.6 Å². The topological polar surface area (TPSA) is 67.9 Å². The van der Waals surface area contributed by atoms with Crippen molar-refractivity contribution in [2.24, 2.45) is 0 Å². The van der Waals surface area contributed by atoms with Gasteiger partial charge in [0.15, 0.2) is 16.6 Å². The maximum absolute atomic E-state index is 13.1. The molecule has 0 unspecified atom stereocenters. The predicted octanol–water partition coefficient (Wildman–Crippen LogP) is 3.85. The first-order chi connectivity index (χ1) is 13.9. The molecule has 8 heteroatoms. The molecule has 1 N–H and O–H groups in total. The molecule has 1 heterocycles. The molecule has 2 aromatic carbocycles. The van der Waals surface area contributed by atoms with Crippen molar-refractivity contribution in [3.05, 3.63) is 70.7 Å². The van der Waals surface area contributed by atoms with E-state index in [1.807, 2.05) is 6.07 Å². The van der Waals surface area contributed by atoms with E-state index in [1.165, 1.54) is 18.1 Å². The molecule has 6 nitrogen and oxygen atoms in total. The molecule has 29 heavy (non-hydrogen) atoms. The molecule has 0 spiro atoms. The number of anilines is 1. The number of nitrogens with zero attached hydrogens (tertiary/aromatic N) is 1. The minimum atomic E-state index is -0.558. The largest absolute Gasteiger partial charge is 0.493 e. The maximum atomic E-state index is 13.1. The average Bonchev–Trinajstić information content (AvgIpc) is 2.69. The van der Waals surface area contributed by atoms with Crippen molar-refractivity contribution in [2.45, 2.75) is 0 Å². The number of hydrogen-bond donors (Lipinski definition) is 1. The highest BCUT2D eigenvalue weighted by Gasteiger charge is 2.34. The highest BCUT2D eigenvalue weighted by molar-refractivity contribution is 9.10. The van der Waals surface area contributed by atoms with Gasteiger partial charge in [-0.15, -0.1) is 0 Å². The fraction of sp³-hybridized carbons (Fsp3) is 0.0952. The third-order valence-electron chi connectivity index (χ3n) is 4.02. The van der Waals surface area contributed by atoms with Crippen LogP contribution in [0.15, 0.2) is 65.2 Å². The van der Waals surface area contributed by atoms with E-state index in [-0.39, 0.29) is 10.7 Å².